The fourth-order valence-electron chi connectivity index (χ4n) is 2.16. The summed E-state index contributed by atoms with van der Waals surface area (Å²) in [5.41, 5.74) is 8.18. The molecule has 0 heterocycles. The molecule has 2 rings (SSSR count). The lowest BCUT2D eigenvalue weighted by Crippen LogP contribution is -2.23. The van der Waals surface area contributed by atoms with E-state index in [1.54, 1.807) is 37.4 Å². The van der Waals surface area contributed by atoms with E-state index in [0.717, 1.165) is 11.3 Å². The minimum atomic E-state index is -0.351. The number of guanidine groups is 1. The van der Waals surface area contributed by atoms with Crippen LogP contribution >= 0.6 is 35.6 Å². The van der Waals surface area contributed by atoms with E-state index in [-0.39, 0.29) is 29.9 Å². The second-order valence-electron chi connectivity index (χ2n) is 5.18. The van der Waals surface area contributed by atoms with Crippen LogP contribution in [0.3, 0.4) is 0 Å². The van der Waals surface area contributed by atoms with Crippen molar-refractivity contribution in [3.05, 3.63) is 58.6 Å². The maximum Gasteiger partial charge on any atom is 0.337 e. The Labute approximate surface area is 174 Å². The smallest absolute Gasteiger partial charge is 0.337 e. The van der Waals surface area contributed by atoms with Crippen LogP contribution in [0.5, 0.6) is 5.75 Å². The van der Waals surface area contributed by atoms with Gasteiger partial charge in [-0.15, -0.1) is 24.0 Å². The third kappa shape index (κ3) is 6.38. The summed E-state index contributed by atoms with van der Waals surface area (Å²) in [4.78, 5) is 15.7. The number of aliphatic imine (C=N–C) groups is 1. The molecule has 0 radical (unpaired) electrons. The number of rotatable bonds is 6. The molecule has 0 saturated heterocycles. The first-order chi connectivity index (χ1) is 12.0. The summed E-state index contributed by atoms with van der Waals surface area (Å²) in [5.74, 6) is 0.543. The Kier molecular flexibility index (Phi) is 9.22. The van der Waals surface area contributed by atoms with Gasteiger partial charge in [-0.25, -0.2) is 4.79 Å². The Morgan fingerprint density at radius 1 is 1.19 bits per heavy atom. The van der Waals surface area contributed by atoms with Crippen molar-refractivity contribution in [3.8, 4) is 5.75 Å². The predicted molar refractivity (Wildman–Crippen MR) is 115 cm³/mol. The summed E-state index contributed by atoms with van der Waals surface area (Å²) >= 11 is 6.06. The van der Waals surface area contributed by atoms with Gasteiger partial charge in [0.15, 0.2) is 5.96 Å². The number of nitrogens with two attached hydrogens (primary N) is 1. The van der Waals surface area contributed by atoms with Crippen LogP contribution < -0.4 is 15.8 Å². The normalized spacial score (nSPS) is 10.7. The fraction of sp³-hybridized carbons (Fsp3) is 0.222. The van der Waals surface area contributed by atoms with Gasteiger partial charge >= 0.3 is 5.97 Å². The van der Waals surface area contributed by atoms with Crippen molar-refractivity contribution >= 4 is 53.2 Å². The molecule has 2 aromatic rings. The summed E-state index contributed by atoms with van der Waals surface area (Å²) in [6.07, 6.45) is 0.702. The second-order valence-corrected chi connectivity index (χ2v) is 5.59. The second kappa shape index (κ2) is 10.9. The number of nitrogens with zero attached hydrogens (tertiary/aromatic N) is 1. The van der Waals surface area contributed by atoms with Crippen molar-refractivity contribution in [2.24, 2.45) is 10.7 Å². The summed E-state index contributed by atoms with van der Waals surface area (Å²) < 4.78 is 9.76. The van der Waals surface area contributed by atoms with Crippen molar-refractivity contribution in [2.75, 3.05) is 26.1 Å². The number of ether oxygens (including phenoxy) is 2. The average Bonchev–Trinajstić information content (AvgIpc) is 2.62. The molecule has 0 aromatic heterocycles. The number of anilines is 1. The molecule has 0 fully saturated rings. The number of hydrogen-bond donors (Lipinski definition) is 2. The molecule has 0 aliphatic heterocycles. The van der Waals surface area contributed by atoms with Crippen LogP contribution in [0.2, 0.25) is 5.02 Å². The molecule has 6 nitrogen and oxygen atoms in total. The van der Waals surface area contributed by atoms with E-state index in [1.165, 1.54) is 7.11 Å². The third-order valence-electron chi connectivity index (χ3n) is 3.48. The molecule has 0 aliphatic rings. The van der Waals surface area contributed by atoms with E-state index < -0.39 is 0 Å². The fourth-order valence-corrected chi connectivity index (χ4v) is 2.42. The SMILES string of the molecule is COC(=O)c1ccc(CCN=C(N)Nc2ccc(OC)c(Cl)c2)cc1.I. The van der Waals surface area contributed by atoms with Crippen molar-refractivity contribution in [3.63, 3.8) is 0 Å². The highest BCUT2D eigenvalue weighted by Gasteiger charge is 2.05. The maximum atomic E-state index is 11.4. The minimum absolute atomic E-state index is 0. The Morgan fingerprint density at radius 3 is 2.46 bits per heavy atom. The molecule has 0 bridgehead atoms. The molecule has 0 saturated carbocycles. The van der Waals surface area contributed by atoms with Crippen LogP contribution in [0, 0.1) is 0 Å². The Balaban J connectivity index is 0.00000338. The zero-order valence-corrected chi connectivity index (χ0v) is 17.6. The van der Waals surface area contributed by atoms with Gasteiger partial charge in [0.25, 0.3) is 0 Å². The number of carbonyl (C=O) groups excluding carboxylic acids is 1. The van der Waals surface area contributed by atoms with Crippen molar-refractivity contribution < 1.29 is 14.3 Å². The van der Waals surface area contributed by atoms with Crippen LogP contribution in [0.4, 0.5) is 5.69 Å². The zero-order chi connectivity index (χ0) is 18.2. The molecule has 0 spiro atoms. The first-order valence-electron chi connectivity index (χ1n) is 7.61. The Hall–Kier alpha value is -2.00. The average molecular weight is 490 g/mol. The molecule has 0 atom stereocenters. The number of halogens is 2. The van der Waals surface area contributed by atoms with Crippen LogP contribution in [-0.2, 0) is 11.2 Å². The molecule has 140 valence electrons. The van der Waals surface area contributed by atoms with Gasteiger partial charge in [0.05, 0.1) is 24.8 Å². The number of carbonyl (C=O) groups is 1. The maximum absolute atomic E-state index is 11.4. The highest BCUT2D eigenvalue weighted by molar-refractivity contribution is 14.0. The van der Waals surface area contributed by atoms with Gasteiger partial charge in [0.1, 0.15) is 5.75 Å². The van der Waals surface area contributed by atoms with Gasteiger partial charge < -0.3 is 20.5 Å². The molecule has 2 aromatic carbocycles. The van der Waals surface area contributed by atoms with Crippen LogP contribution in [0.1, 0.15) is 15.9 Å². The third-order valence-corrected chi connectivity index (χ3v) is 3.78. The molecular formula is C18H21ClIN3O3. The van der Waals surface area contributed by atoms with Crippen LogP contribution in [0.25, 0.3) is 0 Å². The monoisotopic (exact) mass is 489 g/mol. The summed E-state index contributed by atoms with van der Waals surface area (Å²) in [6, 6.07) is 12.5. The van der Waals surface area contributed by atoms with Gasteiger partial charge in [-0.3, -0.25) is 4.99 Å². The quantitative estimate of drug-likeness (QED) is 0.280. The Morgan fingerprint density at radius 2 is 1.88 bits per heavy atom. The minimum Gasteiger partial charge on any atom is -0.495 e. The largest absolute Gasteiger partial charge is 0.495 e. The van der Waals surface area contributed by atoms with Gasteiger partial charge in [-0.1, -0.05) is 23.7 Å². The van der Waals surface area contributed by atoms with Gasteiger partial charge in [-0.2, -0.15) is 0 Å². The standard InChI is InChI=1S/C18H20ClN3O3.HI/c1-24-16-8-7-14(11-15(16)19)22-18(20)21-10-9-12-3-5-13(6-4-12)17(23)25-2;/h3-8,11H,9-10H2,1-2H3,(H3,20,21,22);1H. The van der Waals surface area contributed by atoms with E-state index in [4.69, 9.17) is 22.1 Å². The van der Waals surface area contributed by atoms with E-state index in [0.29, 0.717) is 35.3 Å². The number of nitrogens with one attached hydrogen (secondary N) is 1. The highest BCUT2D eigenvalue weighted by atomic mass is 127. The molecule has 0 unspecified atom stereocenters. The van der Waals surface area contributed by atoms with Crippen LogP contribution in [0.15, 0.2) is 47.5 Å². The van der Waals surface area contributed by atoms with Gasteiger partial charge in [0, 0.05) is 12.2 Å². The highest BCUT2D eigenvalue weighted by Crippen LogP contribution is 2.27. The van der Waals surface area contributed by atoms with Crippen molar-refractivity contribution in [2.45, 2.75) is 6.42 Å². The van der Waals surface area contributed by atoms with Crippen LogP contribution in [-0.4, -0.2) is 32.7 Å². The summed E-state index contributed by atoms with van der Waals surface area (Å²) in [7, 11) is 2.92. The van der Waals surface area contributed by atoms with E-state index in [9.17, 15) is 4.79 Å². The molecular weight excluding hydrogens is 469 g/mol. The molecule has 26 heavy (non-hydrogen) atoms. The molecule has 8 heteroatoms. The number of hydrogen-bond acceptors (Lipinski definition) is 4. The lowest BCUT2D eigenvalue weighted by Gasteiger charge is -2.08. The zero-order valence-electron chi connectivity index (χ0n) is 14.5. The molecule has 3 N–H and O–H groups in total. The summed E-state index contributed by atoms with van der Waals surface area (Å²) in [6.45, 7) is 0.514. The number of methoxy groups -OCH3 is 2. The van der Waals surface area contributed by atoms with Crippen molar-refractivity contribution in [1.82, 2.24) is 0 Å². The van der Waals surface area contributed by atoms with Crippen molar-refractivity contribution in [1.29, 1.82) is 0 Å². The topological polar surface area (TPSA) is 85.9 Å². The van der Waals surface area contributed by atoms with E-state index in [1.807, 2.05) is 12.1 Å². The van der Waals surface area contributed by atoms with Gasteiger partial charge in [-0.05, 0) is 42.3 Å². The number of benzene rings is 2. The summed E-state index contributed by atoms with van der Waals surface area (Å²) in [5, 5.41) is 3.47. The van der Waals surface area contributed by atoms with Gasteiger partial charge in [0.2, 0.25) is 0 Å². The molecule has 0 amide bonds. The predicted octanol–water partition coefficient (Wildman–Crippen LogP) is 3.72. The van der Waals surface area contributed by atoms with E-state index >= 15 is 0 Å². The first-order valence-corrected chi connectivity index (χ1v) is 7.99. The molecule has 0 aliphatic carbocycles. The number of esters is 1. The lowest BCUT2D eigenvalue weighted by molar-refractivity contribution is 0.0600. The Bertz CT molecular complexity index is 767. The lowest BCUT2D eigenvalue weighted by atomic mass is 10.1. The van der Waals surface area contributed by atoms with E-state index in [2.05, 4.69) is 15.0 Å². The first kappa shape index (κ1) is 22.0.